The van der Waals surface area contributed by atoms with E-state index in [1.165, 1.54) is 18.4 Å². The van der Waals surface area contributed by atoms with Crippen LogP contribution in [0.3, 0.4) is 0 Å². The Morgan fingerprint density at radius 2 is 2.00 bits per heavy atom. The number of methoxy groups -OCH3 is 2. The molecule has 1 heterocycles. The smallest absolute Gasteiger partial charge is 0.193 e. The molecule has 0 spiro atoms. The van der Waals surface area contributed by atoms with E-state index in [9.17, 15) is 0 Å². The van der Waals surface area contributed by atoms with Crippen molar-refractivity contribution in [3.8, 4) is 11.5 Å². The van der Waals surface area contributed by atoms with Crippen LogP contribution >= 0.6 is 24.0 Å². The maximum atomic E-state index is 5.48. The van der Waals surface area contributed by atoms with E-state index in [1.807, 2.05) is 6.07 Å². The summed E-state index contributed by atoms with van der Waals surface area (Å²) in [4.78, 5) is 9.59. The van der Waals surface area contributed by atoms with Crippen molar-refractivity contribution in [1.82, 2.24) is 15.1 Å². The number of rotatable bonds is 7. The Kier molecular flexibility index (Phi) is 11.0. The summed E-state index contributed by atoms with van der Waals surface area (Å²) in [6, 6.07) is 6.28. The molecule has 2 rings (SSSR count). The lowest BCUT2D eigenvalue weighted by Crippen LogP contribution is -2.46. The van der Waals surface area contributed by atoms with Crippen LogP contribution in [0.15, 0.2) is 23.2 Å². The largest absolute Gasteiger partial charge is 0.493 e. The fraction of sp³-hybridized carbons (Fsp3) is 0.667. The lowest BCUT2D eigenvalue weighted by molar-refractivity contribution is 0.263. The summed E-state index contributed by atoms with van der Waals surface area (Å²) < 4.78 is 10.8. The summed E-state index contributed by atoms with van der Waals surface area (Å²) in [5.74, 6) is 3.25. The third-order valence-corrected chi connectivity index (χ3v) is 5.12. The number of hydrogen-bond acceptors (Lipinski definition) is 4. The number of piperidine rings is 1. The number of likely N-dealkylation sites (N-methyl/N-ethyl adjacent to an activating group) is 1. The van der Waals surface area contributed by atoms with Gasteiger partial charge in [0.2, 0.25) is 0 Å². The van der Waals surface area contributed by atoms with Gasteiger partial charge in [-0.05, 0) is 57.5 Å². The first-order valence-electron chi connectivity index (χ1n) is 9.91. The van der Waals surface area contributed by atoms with Crippen LogP contribution in [0.25, 0.3) is 0 Å². The summed E-state index contributed by atoms with van der Waals surface area (Å²) in [6.07, 6.45) is 2.54. The van der Waals surface area contributed by atoms with Gasteiger partial charge in [-0.2, -0.15) is 0 Å². The number of ether oxygens (including phenoxy) is 2. The maximum Gasteiger partial charge on any atom is 0.193 e. The number of aliphatic imine (C=N–C) groups is 1. The zero-order valence-corrected chi connectivity index (χ0v) is 20.5. The molecule has 0 amide bonds. The molecule has 1 saturated heterocycles. The standard InChI is InChI=1S/C21H36N4O2.HI/c1-7-22-21(25-12-8-9-16(2)15-25)23-14-18(24(3)4)17-10-11-19(26-5)20(13-17)27-6;/h10-11,13,16,18H,7-9,12,14-15H2,1-6H3,(H,22,23);1H. The minimum absolute atomic E-state index is 0. The molecular weight excluding hydrogens is 467 g/mol. The van der Waals surface area contributed by atoms with Crippen molar-refractivity contribution in [3.63, 3.8) is 0 Å². The summed E-state index contributed by atoms with van der Waals surface area (Å²) in [5.41, 5.74) is 1.17. The number of nitrogens with one attached hydrogen (secondary N) is 1. The molecule has 7 heteroatoms. The van der Waals surface area contributed by atoms with Crippen LogP contribution < -0.4 is 14.8 Å². The van der Waals surface area contributed by atoms with Crippen LogP contribution in [0.1, 0.15) is 38.3 Å². The second-order valence-electron chi connectivity index (χ2n) is 7.48. The third-order valence-electron chi connectivity index (χ3n) is 5.12. The van der Waals surface area contributed by atoms with E-state index >= 15 is 0 Å². The SMILES string of the molecule is CCNC(=NCC(c1ccc(OC)c(OC)c1)N(C)C)N1CCCC(C)C1.I. The summed E-state index contributed by atoms with van der Waals surface area (Å²) in [6.45, 7) is 8.18. The molecule has 2 atom stereocenters. The Bertz CT molecular complexity index is 624. The number of nitrogens with zero attached hydrogens (tertiary/aromatic N) is 3. The van der Waals surface area contributed by atoms with E-state index in [2.05, 4.69) is 55.2 Å². The average molecular weight is 504 g/mol. The normalized spacial score (nSPS) is 18.5. The molecule has 1 aromatic rings. The van der Waals surface area contributed by atoms with Crippen LogP contribution in [-0.4, -0.2) is 70.3 Å². The molecule has 28 heavy (non-hydrogen) atoms. The Hall–Kier alpha value is -1.22. The predicted molar refractivity (Wildman–Crippen MR) is 127 cm³/mol. The van der Waals surface area contributed by atoms with E-state index in [0.29, 0.717) is 6.54 Å². The zero-order chi connectivity index (χ0) is 19.8. The van der Waals surface area contributed by atoms with Gasteiger partial charge in [0.25, 0.3) is 0 Å². The zero-order valence-electron chi connectivity index (χ0n) is 18.2. The maximum absolute atomic E-state index is 5.48. The van der Waals surface area contributed by atoms with E-state index in [0.717, 1.165) is 43.0 Å². The van der Waals surface area contributed by atoms with E-state index in [1.54, 1.807) is 14.2 Å². The number of likely N-dealkylation sites (tertiary alicyclic amines) is 1. The van der Waals surface area contributed by atoms with Gasteiger partial charge in [-0.25, -0.2) is 0 Å². The van der Waals surface area contributed by atoms with Crippen molar-refractivity contribution in [2.75, 3.05) is 54.5 Å². The fourth-order valence-electron chi connectivity index (χ4n) is 3.61. The van der Waals surface area contributed by atoms with Crippen LogP contribution in [-0.2, 0) is 0 Å². The molecule has 0 saturated carbocycles. The first-order chi connectivity index (χ1) is 13.0. The van der Waals surface area contributed by atoms with Gasteiger partial charge in [0.1, 0.15) is 0 Å². The molecule has 0 radical (unpaired) electrons. The lowest BCUT2D eigenvalue weighted by atomic mass is 10.0. The van der Waals surface area contributed by atoms with E-state index < -0.39 is 0 Å². The van der Waals surface area contributed by atoms with Gasteiger partial charge >= 0.3 is 0 Å². The molecule has 1 aromatic carbocycles. The molecule has 1 aliphatic heterocycles. The highest BCUT2D eigenvalue weighted by Gasteiger charge is 2.21. The first kappa shape index (κ1) is 24.8. The molecule has 6 nitrogen and oxygen atoms in total. The molecule has 0 aliphatic carbocycles. The first-order valence-corrected chi connectivity index (χ1v) is 9.91. The highest BCUT2D eigenvalue weighted by molar-refractivity contribution is 14.0. The summed E-state index contributed by atoms with van der Waals surface area (Å²) in [7, 11) is 7.51. The lowest BCUT2D eigenvalue weighted by Gasteiger charge is -2.34. The molecule has 1 fully saturated rings. The van der Waals surface area contributed by atoms with Gasteiger partial charge in [-0.15, -0.1) is 24.0 Å². The fourth-order valence-corrected chi connectivity index (χ4v) is 3.61. The summed E-state index contributed by atoms with van der Waals surface area (Å²) >= 11 is 0. The molecule has 0 aromatic heterocycles. The Morgan fingerprint density at radius 3 is 2.57 bits per heavy atom. The van der Waals surface area contributed by atoms with Crippen molar-refractivity contribution in [2.45, 2.75) is 32.7 Å². The molecule has 2 unspecified atom stereocenters. The second-order valence-corrected chi connectivity index (χ2v) is 7.48. The molecule has 0 bridgehead atoms. The van der Waals surface area contributed by atoms with E-state index in [4.69, 9.17) is 14.5 Å². The van der Waals surface area contributed by atoms with Crippen LogP contribution in [0, 0.1) is 5.92 Å². The van der Waals surface area contributed by atoms with Crippen LogP contribution in [0.4, 0.5) is 0 Å². The Balaban J connectivity index is 0.00000392. The molecule has 1 N–H and O–H groups in total. The number of halogens is 1. The Labute approximate surface area is 187 Å². The predicted octanol–water partition coefficient (Wildman–Crippen LogP) is 3.62. The quantitative estimate of drug-likeness (QED) is 0.349. The van der Waals surface area contributed by atoms with Gasteiger partial charge in [0, 0.05) is 19.6 Å². The van der Waals surface area contributed by atoms with Crippen LogP contribution in [0.2, 0.25) is 0 Å². The highest BCUT2D eigenvalue weighted by atomic mass is 127. The molecule has 160 valence electrons. The average Bonchev–Trinajstić information content (AvgIpc) is 2.66. The molecular formula is C21H37IN4O2. The van der Waals surface area contributed by atoms with Crippen molar-refractivity contribution in [3.05, 3.63) is 23.8 Å². The minimum atomic E-state index is 0. The van der Waals surface area contributed by atoms with Gasteiger partial charge in [-0.3, -0.25) is 4.99 Å². The topological polar surface area (TPSA) is 49.3 Å². The molecule has 1 aliphatic rings. The Morgan fingerprint density at radius 1 is 1.29 bits per heavy atom. The monoisotopic (exact) mass is 504 g/mol. The third kappa shape index (κ3) is 6.69. The van der Waals surface area contributed by atoms with Gasteiger partial charge < -0.3 is 24.6 Å². The minimum Gasteiger partial charge on any atom is -0.493 e. The number of hydrogen-bond donors (Lipinski definition) is 1. The van der Waals surface area contributed by atoms with Gasteiger partial charge in [-0.1, -0.05) is 13.0 Å². The van der Waals surface area contributed by atoms with E-state index in [-0.39, 0.29) is 30.0 Å². The number of guanidine groups is 1. The van der Waals surface area contributed by atoms with Gasteiger partial charge in [0.15, 0.2) is 17.5 Å². The van der Waals surface area contributed by atoms with Crippen molar-refractivity contribution in [1.29, 1.82) is 0 Å². The van der Waals surface area contributed by atoms with Crippen molar-refractivity contribution in [2.24, 2.45) is 10.9 Å². The van der Waals surface area contributed by atoms with Crippen molar-refractivity contribution >= 4 is 29.9 Å². The second kappa shape index (κ2) is 12.4. The van der Waals surface area contributed by atoms with Crippen LogP contribution in [0.5, 0.6) is 11.5 Å². The van der Waals surface area contributed by atoms with Gasteiger partial charge in [0.05, 0.1) is 26.8 Å². The highest BCUT2D eigenvalue weighted by Crippen LogP contribution is 2.31. The number of benzene rings is 1. The van der Waals surface area contributed by atoms with Crippen molar-refractivity contribution < 1.29 is 9.47 Å². The summed E-state index contributed by atoms with van der Waals surface area (Å²) in [5, 5.41) is 3.47.